The van der Waals surface area contributed by atoms with Crippen LogP contribution in [0.5, 0.6) is 0 Å². The molecule has 0 aromatic heterocycles. The lowest BCUT2D eigenvalue weighted by Gasteiger charge is -2.41. The number of rotatable bonds is 4. The molecule has 0 radical (unpaired) electrons. The Kier molecular flexibility index (Phi) is 5.46. The van der Waals surface area contributed by atoms with Crippen molar-refractivity contribution in [2.45, 2.75) is 63.7 Å². The maximum Gasteiger partial charge on any atom is 0.410 e. The summed E-state index contributed by atoms with van der Waals surface area (Å²) < 4.78 is 5.35. The second kappa shape index (κ2) is 6.85. The SMILES string of the molecule is CC(C)(C)OC(=O)N1CCC(O)(CN(C(=O)CCl)C2CC2)CC1. The van der Waals surface area contributed by atoms with Crippen LogP contribution in [-0.2, 0) is 9.53 Å². The molecule has 0 unspecified atom stereocenters. The number of carbonyl (C=O) groups excluding carboxylic acids is 2. The molecule has 1 N–H and O–H groups in total. The molecule has 2 fully saturated rings. The van der Waals surface area contributed by atoms with Gasteiger partial charge in [-0.2, -0.15) is 0 Å². The molecule has 132 valence electrons. The molecule has 1 aliphatic carbocycles. The van der Waals surface area contributed by atoms with Gasteiger partial charge in [-0.3, -0.25) is 4.79 Å². The molecule has 0 atom stereocenters. The fraction of sp³-hybridized carbons (Fsp3) is 0.875. The Morgan fingerprint density at radius 1 is 1.30 bits per heavy atom. The van der Waals surface area contributed by atoms with Crippen molar-refractivity contribution in [1.82, 2.24) is 9.80 Å². The van der Waals surface area contributed by atoms with Gasteiger partial charge in [-0.1, -0.05) is 0 Å². The monoisotopic (exact) mass is 346 g/mol. The maximum absolute atomic E-state index is 12.1. The number of aliphatic hydroxyl groups is 1. The highest BCUT2D eigenvalue weighted by Crippen LogP contribution is 2.32. The smallest absolute Gasteiger partial charge is 0.410 e. The largest absolute Gasteiger partial charge is 0.444 e. The standard InChI is InChI=1S/C16H27ClN2O4/c1-15(2,3)23-14(21)18-8-6-16(22,7-9-18)11-19(12-4-5-12)13(20)10-17/h12,22H,4-11H2,1-3H3. The molecule has 2 aliphatic rings. The Morgan fingerprint density at radius 3 is 2.30 bits per heavy atom. The summed E-state index contributed by atoms with van der Waals surface area (Å²) in [5.41, 5.74) is -1.48. The third-order valence-electron chi connectivity index (χ3n) is 4.23. The summed E-state index contributed by atoms with van der Waals surface area (Å²) in [6.45, 7) is 6.65. The van der Waals surface area contributed by atoms with Gasteiger partial charge in [0, 0.05) is 25.7 Å². The first kappa shape index (κ1) is 18.3. The van der Waals surface area contributed by atoms with Gasteiger partial charge in [0.15, 0.2) is 0 Å². The van der Waals surface area contributed by atoms with E-state index in [0.717, 1.165) is 12.8 Å². The van der Waals surface area contributed by atoms with Crippen molar-refractivity contribution in [3.05, 3.63) is 0 Å². The van der Waals surface area contributed by atoms with Gasteiger partial charge in [0.25, 0.3) is 0 Å². The van der Waals surface area contributed by atoms with Crippen LogP contribution < -0.4 is 0 Å². The second-order valence-corrected chi connectivity index (χ2v) is 7.85. The van der Waals surface area contributed by atoms with Gasteiger partial charge in [0.1, 0.15) is 11.5 Å². The van der Waals surface area contributed by atoms with Crippen LogP contribution in [0.3, 0.4) is 0 Å². The molecule has 0 aromatic carbocycles. The van der Waals surface area contributed by atoms with Crippen LogP contribution in [0.25, 0.3) is 0 Å². The Morgan fingerprint density at radius 2 is 1.87 bits per heavy atom. The molecular formula is C16H27ClN2O4. The predicted octanol–water partition coefficient (Wildman–Crippen LogP) is 1.98. The van der Waals surface area contributed by atoms with Gasteiger partial charge < -0.3 is 19.6 Å². The zero-order chi connectivity index (χ0) is 17.3. The minimum absolute atomic E-state index is 0.0589. The van der Waals surface area contributed by atoms with E-state index >= 15 is 0 Å². The van der Waals surface area contributed by atoms with E-state index in [2.05, 4.69) is 0 Å². The van der Waals surface area contributed by atoms with Crippen molar-refractivity contribution in [2.75, 3.05) is 25.5 Å². The van der Waals surface area contributed by atoms with Crippen LogP contribution in [0.2, 0.25) is 0 Å². The van der Waals surface area contributed by atoms with Gasteiger partial charge in [-0.05, 0) is 46.5 Å². The van der Waals surface area contributed by atoms with E-state index in [1.54, 1.807) is 9.80 Å². The fourth-order valence-electron chi connectivity index (χ4n) is 2.79. The molecule has 1 saturated carbocycles. The number of alkyl halides is 1. The van der Waals surface area contributed by atoms with Gasteiger partial charge >= 0.3 is 6.09 Å². The minimum atomic E-state index is -0.956. The molecule has 0 spiro atoms. The number of nitrogens with zero attached hydrogens (tertiary/aromatic N) is 2. The normalized spacial score (nSPS) is 21.0. The number of hydrogen-bond donors (Lipinski definition) is 1. The summed E-state index contributed by atoms with van der Waals surface area (Å²) >= 11 is 5.67. The van der Waals surface area contributed by atoms with E-state index in [-0.39, 0.29) is 23.9 Å². The van der Waals surface area contributed by atoms with E-state index < -0.39 is 11.2 Å². The predicted molar refractivity (Wildman–Crippen MR) is 87.4 cm³/mol. The molecule has 23 heavy (non-hydrogen) atoms. The molecule has 1 aliphatic heterocycles. The van der Waals surface area contributed by atoms with Crippen molar-refractivity contribution >= 4 is 23.6 Å². The maximum atomic E-state index is 12.1. The third-order valence-corrected chi connectivity index (χ3v) is 4.46. The Bertz CT molecular complexity index is 451. The highest BCUT2D eigenvalue weighted by Gasteiger charge is 2.41. The summed E-state index contributed by atoms with van der Waals surface area (Å²) in [4.78, 5) is 27.3. The summed E-state index contributed by atoms with van der Waals surface area (Å²) in [6, 6.07) is 0.217. The molecule has 0 bridgehead atoms. The number of piperidine rings is 1. The number of hydrogen-bond acceptors (Lipinski definition) is 4. The Balaban J connectivity index is 1.89. The Labute approximate surface area is 142 Å². The minimum Gasteiger partial charge on any atom is -0.444 e. The van der Waals surface area contributed by atoms with Gasteiger partial charge in [-0.25, -0.2) is 4.79 Å². The first-order chi connectivity index (χ1) is 10.6. The van der Waals surface area contributed by atoms with E-state index in [1.807, 2.05) is 20.8 Å². The lowest BCUT2D eigenvalue weighted by molar-refractivity contribution is -0.134. The van der Waals surface area contributed by atoms with Crippen molar-refractivity contribution in [3.63, 3.8) is 0 Å². The first-order valence-corrected chi connectivity index (χ1v) is 8.73. The summed E-state index contributed by atoms with van der Waals surface area (Å²) in [7, 11) is 0. The summed E-state index contributed by atoms with van der Waals surface area (Å²) in [5, 5.41) is 10.8. The van der Waals surface area contributed by atoms with E-state index in [0.29, 0.717) is 32.5 Å². The lowest BCUT2D eigenvalue weighted by Crippen LogP contribution is -2.54. The molecular weight excluding hydrogens is 320 g/mol. The summed E-state index contributed by atoms with van der Waals surface area (Å²) in [5.74, 6) is -0.187. The highest BCUT2D eigenvalue weighted by atomic mass is 35.5. The zero-order valence-electron chi connectivity index (χ0n) is 14.2. The van der Waals surface area contributed by atoms with Crippen molar-refractivity contribution in [3.8, 4) is 0 Å². The fourth-order valence-corrected chi connectivity index (χ4v) is 2.94. The number of halogens is 1. The quantitative estimate of drug-likeness (QED) is 0.790. The van der Waals surface area contributed by atoms with Crippen molar-refractivity contribution < 1.29 is 19.4 Å². The van der Waals surface area contributed by atoms with E-state index in [1.165, 1.54) is 0 Å². The average Bonchev–Trinajstić information content (AvgIpc) is 3.27. The highest BCUT2D eigenvalue weighted by molar-refractivity contribution is 6.27. The van der Waals surface area contributed by atoms with Crippen molar-refractivity contribution in [2.24, 2.45) is 0 Å². The molecule has 2 amide bonds. The second-order valence-electron chi connectivity index (χ2n) is 7.58. The molecule has 1 saturated heterocycles. The Hall–Kier alpha value is -1.01. The number of likely N-dealkylation sites (tertiary alicyclic amines) is 1. The molecule has 1 heterocycles. The number of carbonyl (C=O) groups is 2. The third kappa shape index (κ3) is 5.24. The molecule has 7 heteroatoms. The van der Waals surface area contributed by atoms with Crippen LogP contribution >= 0.6 is 11.6 Å². The van der Waals surface area contributed by atoms with Crippen LogP contribution in [0, 0.1) is 0 Å². The number of ether oxygens (including phenoxy) is 1. The topological polar surface area (TPSA) is 70.1 Å². The van der Waals surface area contributed by atoms with Crippen LogP contribution in [0.15, 0.2) is 0 Å². The van der Waals surface area contributed by atoms with Crippen LogP contribution in [0.1, 0.15) is 46.5 Å². The zero-order valence-corrected chi connectivity index (χ0v) is 14.9. The van der Waals surface area contributed by atoms with Gasteiger partial charge in [0.05, 0.1) is 5.60 Å². The molecule has 2 rings (SSSR count). The molecule has 6 nitrogen and oxygen atoms in total. The van der Waals surface area contributed by atoms with Gasteiger partial charge in [0.2, 0.25) is 5.91 Å². The first-order valence-electron chi connectivity index (χ1n) is 8.19. The van der Waals surface area contributed by atoms with E-state index in [9.17, 15) is 14.7 Å². The number of amides is 2. The van der Waals surface area contributed by atoms with Gasteiger partial charge in [-0.15, -0.1) is 11.6 Å². The average molecular weight is 347 g/mol. The van der Waals surface area contributed by atoms with Crippen LogP contribution in [0.4, 0.5) is 4.79 Å². The molecule has 0 aromatic rings. The summed E-state index contributed by atoms with van der Waals surface area (Å²) in [6.07, 6.45) is 2.47. The van der Waals surface area contributed by atoms with Crippen molar-refractivity contribution in [1.29, 1.82) is 0 Å². The lowest BCUT2D eigenvalue weighted by atomic mass is 9.91. The van der Waals surface area contributed by atoms with E-state index in [4.69, 9.17) is 16.3 Å². The van der Waals surface area contributed by atoms with Crippen LogP contribution in [-0.4, -0.2) is 69.7 Å².